The average molecular weight is 323 g/mol. The Morgan fingerprint density at radius 2 is 1.12 bits per heavy atom. The van der Waals surface area contributed by atoms with Crippen molar-refractivity contribution < 1.29 is 0 Å². The molecule has 0 bridgehead atoms. The van der Waals surface area contributed by atoms with Gasteiger partial charge < -0.3 is 0 Å². The Morgan fingerprint density at radius 3 is 1.71 bits per heavy atom. The Hall–Kier alpha value is -0.655. The first kappa shape index (κ1) is 16.8. The second-order valence-electron chi connectivity index (χ2n) is 8.70. The molecule has 0 N–H and O–H groups in total. The zero-order valence-electron chi connectivity index (χ0n) is 15.4. The van der Waals surface area contributed by atoms with Gasteiger partial charge in [0.15, 0.2) is 0 Å². The van der Waals surface area contributed by atoms with Crippen LogP contribution in [-0.4, -0.2) is 11.9 Å². The quantitative estimate of drug-likeness (QED) is 0.613. The van der Waals surface area contributed by atoms with E-state index in [4.69, 9.17) is 4.89 Å². The van der Waals surface area contributed by atoms with Crippen molar-refractivity contribution in [3.63, 3.8) is 0 Å². The van der Waals surface area contributed by atoms with E-state index in [1.165, 1.54) is 96.3 Å². The Bertz CT molecular complexity index is 487. The zero-order valence-corrected chi connectivity index (χ0v) is 15.4. The summed E-state index contributed by atoms with van der Waals surface area (Å²) in [7, 11) is 2.17. The average Bonchev–Trinajstić information content (AvgIpc) is 2.69. The molecule has 1 heterocycles. The molecule has 0 radical (unpaired) electrons. The van der Waals surface area contributed by atoms with Gasteiger partial charge in [-0.15, -0.1) is 0 Å². The molecule has 1 nitrogen and oxygen atoms in total. The van der Waals surface area contributed by atoms with Gasteiger partial charge in [-0.2, -0.15) is 0 Å². The van der Waals surface area contributed by atoms with Crippen LogP contribution in [0.4, 0.5) is 0 Å². The Labute approximate surface area is 149 Å². The molecule has 1 aromatic rings. The first-order valence-electron chi connectivity index (χ1n) is 10.9. The van der Waals surface area contributed by atoms with Crippen LogP contribution in [0, 0.1) is 0 Å². The molecule has 3 fully saturated rings. The maximum absolute atomic E-state index is 5.03. The molecule has 0 unspecified atom stereocenters. The van der Waals surface area contributed by atoms with Gasteiger partial charge in [0, 0.05) is 0 Å². The summed E-state index contributed by atoms with van der Waals surface area (Å²) in [6, 6.07) is 0. The van der Waals surface area contributed by atoms with Crippen LogP contribution < -0.4 is 0 Å². The third kappa shape index (κ3) is 3.63. The molecule has 1 aromatic heterocycles. The van der Waals surface area contributed by atoms with E-state index < -0.39 is 0 Å². The molecule has 24 heavy (non-hydrogen) atoms. The normalized spacial score (nSPS) is 24.8. The van der Waals surface area contributed by atoms with E-state index in [-0.39, 0.29) is 0 Å². The predicted molar refractivity (Wildman–Crippen MR) is 103 cm³/mol. The van der Waals surface area contributed by atoms with E-state index in [9.17, 15) is 0 Å². The minimum atomic E-state index is 0.763. The summed E-state index contributed by atoms with van der Waals surface area (Å²) in [6.07, 6.45) is 21.4. The van der Waals surface area contributed by atoms with Crippen molar-refractivity contribution >= 4 is 7.05 Å². The maximum atomic E-state index is 5.03. The third-order valence-corrected chi connectivity index (χ3v) is 7.10. The molecular formula is C22H34BN. The van der Waals surface area contributed by atoms with Crippen molar-refractivity contribution in [2.45, 2.75) is 114 Å². The zero-order chi connectivity index (χ0) is 16.2. The van der Waals surface area contributed by atoms with E-state index in [1.807, 2.05) is 0 Å². The van der Waals surface area contributed by atoms with Gasteiger partial charge in [-0.1, -0.05) is 0 Å². The molecule has 0 saturated heterocycles. The van der Waals surface area contributed by atoms with Gasteiger partial charge in [0.05, 0.1) is 0 Å². The van der Waals surface area contributed by atoms with Crippen LogP contribution in [0.2, 0.25) is 0 Å². The summed E-state index contributed by atoms with van der Waals surface area (Å²) in [5.41, 5.74) is 5.04. The molecule has 0 amide bonds. The monoisotopic (exact) mass is 323 g/mol. The van der Waals surface area contributed by atoms with E-state index in [1.54, 1.807) is 16.8 Å². The SMILES string of the molecule is b1cc(C2CCCCC2)c(C2CCCCC2)c(C2CCCCC2)n1. The summed E-state index contributed by atoms with van der Waals surface area (Å²) >= 11 is 0. The number of rotatable bonds is 3. The van der Waals surface area contributed by atoms with Gasteiger partial charge in [-0.25, -0.2) is 0 Å². The van der Waals surface area contributed by atoms with E-state index in [2.05, 4.69) is 13.0 Å². The van der Waals surface area contributed by atoms with E-state index in [0.29, 0.717) is 0 Å². The molecule has 3 aliphatic carbocycles. The molecule has 0 atom stereocenters. The van der Waals surface area contributed by atoms with Crippen molar-refractivity contribution in [2.75, 3.05) is 0 Å². The summed E-state index contributed by atoms with van der Waals surface area (Å²) in [5, 5.41) is 0. The van der Waals surface area contributed by atoms with E-state index >= 15 is 0 Å². The van der Waals surface area contributed by atoms with Crippen molar-refractivity contribution in [3.05, 3.63) is 22.8 Å². The standard InChI is InChI=1S/C22H34BN/c1-4-10-17(11-5-1)20-16-23-24-22(19-14-8-3-9-15-19)21(20)18-12-6-2-7-13-18/h16-19H,1-15H2. The molecule has 130 valence electrons. The number of aromatic nitrogens is 1. The molecule has 4 rings (SSSR count). The van der Waals surface area contributed by atoms with Gasteiger partial charge in [0.25, 0.3) is 0 Å². The predicted octanol–water partition coefficient (Wildman–Crippen LogP) is 6.56. The van der Waals surface area contributed by atoms with Gasteiger partial charge in [0.1, 0.15) is 0 Å². The number of hydrogen-bond acceptors (Lipinski definition) is 1. The summed E-state index contributed by atoms with van der Waals surface area (Å²) in [4.78, 5) is 5.03. The fraction of sp³-hybridized carbons (Fsp3) is 0.818. The second-order valence-corrected chi connectivity index (χ2v) is 8.70. The molecule has 3 saturated carbocycles. The van der Waals surface area contributed by atoms with Gasteiger partial charge in [-0.3, -0.25) is 0 Å². The molecule has 0 aromatic carbocycles. The van der Waals surface area contributed by atoms with Gasteiger partial charge in [0.2, 0.25) is 0 Å². The molecular weight excluding hydrogens is 289 g/mol. The number of hydrogen-bond donors (Lipinski definition) is 0. The fourth-order valence-corrected chi connectivity index (χ4v) is 5.81. The van der Waals surface area contributed by atoms with Crippen molar-refractivity contribution in [1.29, 1.82) is 0 Å². The molecule has 2 heteroatoms. The first-order chi connectivity index (χ1) is 11.9. The topological polar surface area (TPSA) is 12.9 Å². The van der Waals surface area contributed by atoms with Crippen LogP contribution in [0.1, 0.15) is 131 Å². The van der Waals surface area contributed by atoms with Crippen LogP contribution in [0.3, 0.4) is 0 Å². The van der Waals surface area contributed by atoms with Crippen LogP contribution in [-0.2, 0) is 0 Å². The molecule has 0 aliphatic heterocycles. The van der Waals surface area contributed by atoms with Gasteiger partial charge >= 0.3 is 149 Å². The van der Waals surface area contributed by atoms with Crippen molar-refractivity contribution in [1.82, 2.24) is 4.89 Å². The third-order valence-electron chi connectivity index (χ3n) is 7.10. The molecule has 0 spiro atoms. The Balaban J connectivity index is 1.71. The summed E-state index contributed by atoms with van der Waals surface area (Å²) in [6.45, 7) is 0. The summed E-state index contributed by atoms with van der Waals surface area (Å²) in [5.74, 6) is 4.84. The van der Waals surface area contributed by atoms with E-state index in [0.717, 1.165) is 17.8 Å². The van der Waals surface area contributed by atoms with Crippen LogP contribution >= 0.6 is 0 Å². The Morgan fingerprint density at radius 1 is 0.625 bits per heavy atom. The van der Waals surface area contributed by atoms with Crippen LogP contribution in [0.25, 0.3) is 0 Å². The van der Waals surface area contributed by atoms with Crippen LogP contribution in [0.5, 0.6) is 0 Å². The first-order valence-corrected chi connectivity index (χ1v) is 10.9. The minimum absolute atomic E-state index is 0.763. The van der Waals surface area contributed by atoms with Gasteiger partial charge in [-0.05, 0) is 0 Å². The molecule has 3 aliphatic rings. The summed E-state index contributed by atoms with van der Waals surface area (Å²) < 4.78 is 0. The second kappa shape index (κ2) is 8.15. The fourth-order valence-electron chi connectivity index (χ4n) is 5.81. The van der Waals surface area contributed by atoms with Crippen molar-refractivity contribution in [2.24, 2.45) is 0 Å². The van der Waals surface area contributed by atoms with Crippen LogP contribution in [0.15, 0.2) is 5.96 Å². The Kier molecular flexibility index (Phi) is 5.70. The van der Waals surface area contributed by atoms with Crippen molar-refractivity contribution in [3.8, 4) is 0 Å². The number of nitrogens with zero attached hydrogens (tertiary/aromatic N) is 1.